The number of fused-ring (bicyclic) bond motifs is 1. The van der Waals surface area contributed by atoms with Gasteiger partial charge in [-0.25, -0.2) is 4.98 Å². The third-order valence-corrected chi connectivity index (χ3v) is 4.30. The van der Waals surface area contributed by atoms with Gasteiger partial charge in [-0.3, -0.25) is 9.93 Å². The van der Waals surface area contributed by atoms with Gasteiger partial charge in [0.1, 0.15) is 5.82 Å². The molecule has 1 heterocycles. The molecule has 0 aliphatic heterocycles. The first kappa shape index (κ1) is 17.0. The number of nitrogens with zero attached hydrogens (tertiary/aromatic N) is 1. The summed E-state index contributed by atoms with van der Waals surface area (Å²) in [5, 5.41) is 5.82. The van der Waals surface area contributed by atoms with Crippen molar-refractivity contribution >= 4 is 38.8 Å². The summed E-state index contributed by atoms with van der Waals surface area (Å²) >= 11 is 4.05. The zero-order valence-corrected chi connectivity index (χ0v) is 14.2. The molecule has 124 valence electrons. The summed E-state index contributed by atoms with van der Waals surface area (Å²) < 4.78 is 39.1. The number of alkyl halides is 3. The smallest absolute Gasteiger partial charge is 0.306 e. The van der Waals surface area contributed by atoms with E-state index in [1.165, 1.54) is 6.07 Å². The first-order chi connectivity index (χ1) is 11.3. The molecule has 0 aliphatic rings. The van der Waals surface area contributed by atoms with Gasteiger partial charge >= 0.3 is 6.18 Å². The predicted molar refractivity (Wildman–Crippen MR) is 90.5 cm³/mol. The Balaban J connectivity index is 2.23. The topological polar surface area (TPSA) is 71.8 Å². The molecular weight excluding hydrogens is 407 g/mol. The monoisotopic (exact) mass is 415 g/mol. The summed E-state index contributed by atoms with van der Waals surface area (Å²) in [7, 11) is 0. The number of aromatic nitrogens is 2. The van der Waals surface area contributed by atoms with E-state index in [2.05, 4.69) is 25.9 Å². The number of H-pyrrole nitrogens is 1. The summed E-state index contributed by atoms with van der Waals surface area (Å²) in [6.45, 7) is 0. The number of halogens is 4. The summed E-state index contributed by atoms with van der Waals surface area (Å²) in [5.41, 5.74) is -0.753. The van der Waals surface area contributed by atoms with E-state index in [0.29, 0.717) is 15.8 Å². The van der Waals surface area contributed by atoms with Crippen LogP contribution in [0.25, 0.3) is 22.3 Å². The average molecular weight is 416 g/mol. The van der Waals surface area contributed by atoms with E-state index >= 15 is 0 Å². The van der Waals surface area contributed by atoms with Crippen molar-refractivity contribution in [2.75, 3.05) is 0 Å². The maximum atomic E-state index is 13.0. The Hall–Kier alpha value is -1.84. The lowest BCUT2D eigenvalue weighted by atomic mass is 10.1. The summed E-state index contributed by atoms with van der Waals surface area (Å²) in [6, 6.07) is 8.22. The molecule has 0 spiro atoms. The van der Waals surface area contributed by atoms with Crippen molar-refractivity contribution in [1.82, 2.24) is 9.97 Å². The summed E-state index contributed by atoms with van der Waals surface area (Å²) in [6.07, 6.45) is -4.50. The number of benzene rings is 2. The number of nitrogens with one attached hydrogen (secondary N) is 1. The van der Waals surface area contributed by atoms with Crippen LogP contribution >= 0.6 is 27.9 Å². The lowest BCUT2D eigenvalue weighted by molar-refractivity contribution is -0.137. The Kier molecular flexibility index (Phi) is 4.41. The molecule has 0 unspecified atom stereocenters. The predicted octanol–water partition coefficient (Wildman–Crippen LogP) is 4.34. The molecule has 3 rings (SSSR count). The lowest BCUT2D eigenvalue weighted by Crippen LogP contribution is -2.10. The maximum absolute atomic E-state index is 13.0. The number of hydrogen-bond acceptors (Lipinski definition) is 4. The van der Waals surface area contributed by atoms with Crippen LogP contribution < -0.4 is 10.7 Å². The molecule has 2 aromatic carbocycles. The van der Waals surface area contributed by atoms with Crippen LogP contribution in [0, 0.1) is 0 Å². The highest BCUT2D eigenvalue weighted by atomic mass is 79.9. The van der Waals surface area contributed by atoms with E-state index in [4.69, 9.17) is 5.14 Å². The molecule has 0 aliphatic carbocycles. The van der Waals surface area contributed by atoms with Gasteiger partial charge in [0.15, 0.2) is 0 Å². The van der Waals surface area contributed by atoms with Gasteiger partial charge in [0.2, 0.25) is 0 Å². The number of nitrogens with two attached hydrogens (primary N) is 1. The fourth-order valence-electron chi connectivity index (χ4n) is 2.22. The van der Waals surface area contributed by atoms with Crippen LogP contribution in [0.3, 0.4) is 0 Å². The van der Waals surface area contributed by atoms with Crippen LogP contribution in [0.5, 0.6) is 0 Å². The van der Waals surface area contributed by atoms with Gasteiger partial charge in [-0.15, -0.1) is 0 Å². The molecule has 9 heteroatoms. The van der Waals surface area contributed by atoms with Crippen molar-refractivity contribution < 1.29 is 13.2 Å². The Morgan fingerprint density at radius 3 is 2.58 bits per heavy atom. The maximum Gasteiger partial charge on any atom is 0.416 e. The van der Waals surface area contributed by atoms with Crippen LogP contribution in [0.2, 0.25) is 0 Å². The molecule has 0 bridgehead atoms. The highest BCUT2D eigenvalue weighted by molar-refractivity contribution is 9.10. The number of hydrogen-bond donors (Lipinski definition) is 2. The second-order valence-electron chi connectivity index (χ2n) is 4.94. The third-order valence-electron chi connectivity index (χ3n) is 3.31. The Morgan fingerprint density at radius 1 is 1.17 bits per heavy atom. The van der Waals surface area contributed by atoms with E-state index < -0.39 is 17.3 Å². The molecule has 0 amide bonds. The van der Waals surface area contributed by atoms with E-state index in [1.807, 2.05) is 0 Å². The van der Waals surface area contributed by atoms with Crippen LogP contribution in [0.15, 0.2) is 50.6 Å². The molecule has 0 saturated heterocycles. The first-order valence-corrected chi connectivity index (χ1v) is 8.24. The molecule has 3 aromatic rings. The van der Waals surface area contributed by atoms with E-state index in [9.17, 15) is 18.0 Å². The van der Waals surface area contributed by atoms with Crippen molar-refractivity contribution in [3.05, 3.63) is 56.8 Å². The molecule has 0 fully saturated rings. The molecule has 0 saturated carbocycles. The van der Waals surface area contributed by atoms with Gasteiger partial charge in [0.05, 0.1) is 16.5 Å². The van der Waals surface area contributed by atoms with Gasteiger partial charge < -0.3 is 4.98 Å². The Labute approximate surface area is 146 Å². The fraction of sp³-hybridized carbons (Fsp3) is 0.0667. The minimum atomic E-state index is -4.50. The van der Waals surface area contributed by atoms with Crippen molar-refractivity contribution in [2.24, 2.45) is 5.14 Å². The SMILES string of the molecule is NSc1ccc2c(=O)[nH]c(-c3cc(Br)cc(C(F)(F)F)c3)nc2c1. The van der Waals surface area contributed by atoms with Crippen molar-refractivity contribution in [3.63, 3.8) is 0 Å². The van der Waals surface area contributed by atoms with Crippen LogP contribution in [0.1, 0.15) is 5.56 Å². The van der Waals surface area contributed by atoms with Gasteiger partial charge in [-0.2, -0.15) is 13.2 Å². The third kappa shape index (κ3) is 3.33. The molecule has 0 radical (unpaired) electrons. The molecular formula is C15H9BrF3N3OS. The highest BCUT2D eigenvalue weighted by Crippen LogP contribution is 2.34. The highest BCUT2D eigenvalue weighted by Gasteiger charge is 2.31. The van der Waals surface area contributed by atoms with Gasteiger partial charge in [0, 0.05) is 14.9 Å². The molecule has 1 aromatic heterocycles. The molecule has 3 N–H and O–H groups in total. The number of rotatable bonds is 2. The van der Waals surface area contributed by atoms with Crippen LogP contribution in [-0.2, 0) is 6.18 Å². The van der Waals surface area contributed by atoms with E-state index in [0.717, 1.165) is 24.1 Å². The van der Waals surface area contributed by atoms with Gasteiger partial charge in [0.25, 0.3) is 5.56 Å². The largest absolute Gasteiger partial charge is 0.416 e. The fourth-order valence-corrected chi connectivity index (χ4v) is 3.04. The van der Waals surface area contributed by atoms with Crippen LogP contribution in [0.4, 0.5) is 13.2 Å². The molecule has 0 atom stereocenters. The van der Waals surface area contributed by atoms with Crippen molar-refractivity contribution in [2.45, 2.75) is 11.1 Å². The second kappa shape index (κ2) is 6.23. The van der Waals surface area contributed by atoms with E-state index in [-0.39, 0.29) is 15.9 Å². The minimum Gasteiger partial charge on any atom is -0.306 e. The molecule has 24 heavy (non-hydrogen) atoms. The zero-order valence-electron chi connectivity index (χ0n) is 11.8. The average Bonchev–Trinajstić information content (AvgIpc) is 2.52. The summed E-state index contributed by atoms with van der Waals surface area (Å²) in [4.78, 5) is 19.6. The first-order valence-electron chi connectivity index (χ1n) is 6.57. The van der Waals surface area contributed by atoms with E-state index in [1.54, 1.807) is 18.2 Å². The van der Waals surface area contributed by atoms with Crippen LogP contribution in [-0.4, -0.2) is 9.97 Å². The normalized spacial score (nSPS) is 11.9. The minimum absolute atomic E-state index is 0.0541. The quantitative estimate of drug-likeness (QED) is 0.610. The van der Waals surface area contributed by atoms with Gasteiger partial charge in [-0.1, -0.05) is 15.9 Å². The van der Waals surface area contributed by atoms with Crippen molar-refractivity contribution in [1.29, 1.82) is 0 Å². The number of aromatic amines is 1. The van der Waals surface area contributed by atoms with Gasteiger partial charge in [-0.05, 0) is 48.3 Å². The van der Waals surface area contributed by atoms with Crippen molar-refractivity contribution in [3.8, 4) is 11.4 Å². The Bertz CT molecular complexity index is 988. The summed E-state index contributed by atoms with van der Waals surface area (Å²) in [5.74, 6) is 0.0541. The second-order valence-corrected chi connectivity index (χ2v) is 6.56. The standard InChI is InChI=1S/C15H9BrF3N3OS/c16-9-4-7(3-8(5-9)15(17,18)19)13-21-12-6-10(24-20)1-2-11(12)14(23)22-13/h1-6H,20H2,(H,21,22,23). The zero-order chi connectivity index (χ0) is 17.5. The Morgan fingerprint density at radius 2 is 1.92 bits per heavy atom. The lowest BCUT2D eigenvalue weighted by Gasteiger charge is -2.10. The molecule has 4 nitrogen and oxygen atoms in total.